The molecule has 3 aliphatic rings. The fourth-order valence-corrected chi connectivity index (χ4v) is 5.09. The first-order valence-electron chi connectivity index (χ1n) is 12.0. The maximum Gasteiger partial charge on any atom is 0.257 e. The summed E-state index contributed by atoms with van der Waals surface area (Å²) in [7, 11) is 5.27. The molecule has 0 aromatic heterocycles. The molecule has 2 aliphatic heterocycles. The molecule has 1 N–H and O–H groups in total. The van der Waals surface area contributed by atoms with E-state index in [0.29, 0.717) is 36.4 Å². The van der Waals surface area contributed by atoms with Crippen molar-refractivity contribution in [1.82, 2.24) is 9.80 Å². The molecule has 3 amide bonds. The van der Waals surface area contributed by atoms with Gasteiger partial charge in [0.2, 0.25) is 11.8 Å². The Kier molecular flexibility index (Phi) is 7.22. The minimum atomic E-state index is -0.300. The van der Waals surface area contributed by atoms with E-state index < -0.39 is 0 Å². The van der Waals surface area contributed by atoms with Crippen LogP contribution < -0.4 is 10.1 Å². The molecule has 4 rings (SSSR count). The smallest absolute Gasteiger partial charge is 0.257 e. The molecule has 1 aliphatic carbocycles. The molecular formula is C25H35N3O5. The topological polar surface area (TPSA) is 88.2 Å². The number of nitrogens with zero attached hydrogens (tertiary/aromatic N) is 2. The van der Waals surface area contributed by atoms with Crippen molar-refractivity contribution in [2.24, 2.45) is 5.92 Å². The highest BCUT2D eigenvalue weighted by atomic mass is 16.5. The lowest BCUT2D eigenvalue weighted by Gasteiger charge is -2.42. The van der Waals surface area contributed by atoms with Crippen LogP contribution in [-0.2, 0) is 14.3 Å². The first-order chi connectivity index (χ1) is 15.8. The molecule has 0 bridgehead atoms. The van der Waals surface area contributed by atoms with E-state index in [1.807, 2.05) is 0 Å². The average Bonchev–Trinajstić information content (AvgIpc) is 2.82. The number of likely N-dealkylation sites (N-methyl/N-ethyl adjacent to an activating group) is 1. The van der Waals surface area contributed by atoms with Crippen molar-refractivity contribution in [2.45, 2.75) is 69.6 Å². The van der Waals surface area contributed by atoms with Gasteiger partial charge in [-0.05, 0) is 43.9 Å². The zero-order chi connectivity index (χ0) is 23.5. The van der Waals surface area contributed by atoms with E-state index in [2.05, 4.69) is 5.32 Å². The lowest BCUT2D eigenvalue weighted by Crippen LogP contribution is -2.53. The van der Waals surface area contributed by atoms with Crippen LogP contribution >= 0.6 is 0 Å². The summed E-state index contributed by atoms with van der Waals surface area (Å²) in [4.78, 5) is 41.4. The lowest BCUT2D eigenvalue weighted by atomic mass is 9.88. The Morgan fingerprint density at radius 3 is 2.61 bits per heavy atom. The van der Waals surface area contributed by atoms with E-state index in [1.54, 1.807) is 49.1 Å². The number of hydrogen-bond donors (Lipinski definition) is 1. The summed E-state index contributed by atoms with van der Waals surface area (Å²) in [5, 5.41) is 3.00. The van der Waals surface area contributed by atoms with Crippen LogP contribution in [0.15, 0.2) is 18.2 Å². The van der Waals surface area contributed by atoms with Crippen molar-refractivity contribution in [2.75, 3.05) is 33.1 Å². The van der Waals surface area contributed by atoms with E-state index in [9.17, 15) is 14.4 Å². The van der Waals surface area contributed by atoms with Crippen LogP contribution in [0.5, 0.6) is 5.75 Å². The van der Waals surface area contributed by atoms with Crippen LogP contribution in [0.2, 0.25) is 0 Å². The third-order valence-electron chi connectivity index (χ3n) is 7.16. The van der Waals surface area contributed by atoms with Gasteiger partial charge in [0.1, 0.15) is 18.5 Å². The third-order valence-corrected chi connectivity index (χ3v) is 7.16. The van der Waals surface area contributed by atoms with Gasteiger partial charge in [0.25, 0.3) is 5.91 Å². The fraction of sp³-hybridized carbons (Fsp3) is 0.640. The first kappa shape index (κ1) is 23.5. The maximum atomic E-state index is 13.3. The summed E-state index contributed by atoms with van der Waals surface area (Å²) in [6.07, 6.45) is 6.53. The van der Waals surface area contributed by atoms with Gasteiger partial charge < -0.3 is 24.6 Å². The highest BCUT2D eigenvalue weighted by Gasteiger charge is 2.39. The summed E-state index contributed by atoms with van der Waals surface area (Å²) < 4.78 is 12.2. The highest BCUT2D eigenvalue weighted by molar-refractivity contribution is 6.00. The van der Waals surface area contributed by atoms with Crippen molar-refractivity contribution < 1.29 is 23.9 Å². The number of carbonyl (C=O) groups is 3. The van der Waals surface area contributed by atoms with Gasteiger partial charge in [-0.3, -0.25) is 14.4 Å². The molecule has 3 atom stereocenters. The van der Waals surface area contributed by atoms with E-state index in [-0.39, 0.29) is 41.9 Å². The maximum absolute atomic E-state index is 13.3. The molecule has 2 fully saturated rings. The van der Waals surface area contributed by atoms with Gasteiger partial charge in [-0.1, -0.05) is 19.3 Å². The molecule has 1 aromatic carbocycles. The Morgan fingerprint density at radius 2 is 1.88 bits per heavy atom. The van der Waals surface area contributed by atoms with Gasteiger partial charge in [0.15, 0.2) is 0 Å². The number of rotatable bonds is 4. The number of nitrogens with one attached hydrogen (secondary N) is 1. The minimum Gasteiger partial charge on any atom is -0.490 e. The number of carbonyl (C=O) groups excluding carboxylic acids is 3. The molecule has 1 aromatic rings. The van der Waals surface area contributed by atoms with Gasteiger partial charge in [0, 0.05) is 32.7 Å². The molecule has 0 spiro atoms. The normalized spacial score (nSPS) is 25.7. The number of fused-ring (bicyclic) bond motifs is 2. The summed E-state index contributed by atoms with van der Waals surface area (Å²) in [6.45, 7) is 0.301. The van der Waals surface area contributed by atoms with Crippen molar-refractivity contribution >= 4 is 23.4 Å². The number of amides is 3. The molecule has 1 saturated carbocycles. The predicted molar refractivity (Wildman–Crippen MR) is 124 cm³/mol. The second-order valence-electron chi connectivity index (χ2n) is 9.70. The SMILES string of the molecule is CN(C)C(=O)C[C@@H]1CC[C@@H]2[C@H](COc3ccc(NC(=O)C4CCCCC4)cc3C(=O)N2C)O1. The van der Waals surface area contributed by atoms with Crippen LogP contribution in [0.4, 0.5) is 5.69 Å². The van der Waals surface area contributed by atoms with Crippen molar-refractivity contribution in [1.29, 1.82) is 0 Å². The second kappa shape index (κ2) is 10.1. The van der Waals surface area contributed by atoms with Gasteiger partial charge in [-0.25, -0.2) is 0 Å². The number of hydrogen-bond acceptors (Lipinski definition) is 5. The second-order valence-corrected chi connectivity index (χ2v) is 9.70. The van der Waals surface area contributed by atoms with Gasteiger partial charge >= 0.3 is 0 Å². The van der Waals surface area contributed by atoms with Crippen LogP contribution in [0, 0.1) is 5.92 Å². The monoisotopic (exact) mass is 457 g/mol. The molecule has 0 unspecified atom stereocenters. The van der Waals surface area contributed by atoms with Crippen LogP contribution in [-0.4, -0.2) is 73.5 Å². The van der Waals surface area contributed by atoms with E-state index in [1.165, 1.54) is 6.42 Å². The summed E-state index contributed by atoms with van der Waals surface area (Å²) in [5.41, 5.74) is 1.07. The predicted octanol–water partition coefficient (Wildman–Crippen LogP) is 3.06. The number of benzene rings is 1. The number of ether oxygens (including phenoxy) is 2. The van der Waals surface area contributed by atoms with Crippen LogP contribution in [0.25, 0.3) is 0 Å². The Hall–Kier alpha value is -2.61. The molecule has 0 radical (unpaired) electrons. The van der Waals surface area contributed by atoms with E-state index in [4.69, 9.17) is 9.47 Å². The molecular weight excluding hydrogens is 422 g/mol. The molecule has 33 heavy (non-hydrogen) atoms. The molecule has 180 valence electrons. The molecule has 2 heterocycles. The number of anilines is 1. The van der Waals surface area contributed by atoms with Gasteiger partial charge in [-0.15, -0.1) is 0 Å². The summed E-state index contributed by atoms with van der Waals surface area (Å²) in [5.74, 6) is 0.433. The third kappa shape index (κ3) is 5.32. The summed E-state index contributed by atoms with van der Waals surface area (Å²) >= 11 is 0. The first-order valence-corrected chi connectivity index (χ1v) is 12.0. The average molecular weight is 458 g/mol. The Balaban J connectivity index is 1.47. The van der Waals surface area contributed by atoms with Crippen molar-refractivity contribution in [3.63, 3.8) is 0 Å². The van der Waals surface area contributed by atoms with E-state index in [0.717, 1.165) is 32.1 Å². The van der Waals surface area contributed by atoms with Crippen molar-refractivity contribution in [3.05, 3.63) is 23.8 Å². The van der Waals surface area contributed by atoms with Gasteiger partial charge in [0.05, 0.1) is 24.1 Å². The fourth-order valence-electron chi connectivity index (χ4n) is 5.09. The molecule has 1 saturated heterocycles. The quantitative estimate of drug-likeness (QED) is 0.751. The Bertz CT molecular complexity index is 896. The van der Waals surface area contributed by atoms with Gasteiger partial charge in [-0.2, -0.15) is 0 Å². The highest BCUT2D eigenvalue weighted by Crippen LogP contribution is 2.33. The Morgan fingerprint density at radius 1 is 1.12 bits per heavy atom. The van der Waals surface area contributed by atoms with Crippen LogP contribution in [0.3, 0.4) is 0 Å². The molecule has 8 heteroatoms. The standard InChI is InChI=1S/C25H35N3O5/c1-27(2)23(29)14-18-10-11-20-22(33-18)15-32-21-12-9-17(13-19(21)25(31)28(20)3)26-24(30)16-7-5-4-6-8-16/h9,12-13,16,18,20,22H,4-8,10-11,14-15H2,1-3H3,(H,26,30)/t18-,20+,22-/m0/s1. The van der Waals surface area contributed by atoms with E-state index >= 15 is 0 Å². The summed E-state index contributed by atoms with van der Waals surface area (Å²) in [6, 6.07) is 5.12. The minimum absolute atomic E-state index is 0.0290. The largest absolute Gasteiger partial charge is 0.490 e. The molecule has 8 nitrogen and oxygen atoms in total. The zero-order valence-electron chi connectivity index (χ0n) is 19.8. The van der Waals surface area contributed by atoms with Crippen LogP contribution in [0.1, 0.15) is 61.7 Å². The Labute approximate surface area is 195 Å². The zero-order valence-corrected chi connectivity index (χ0v) is 19.8. The lowest BCUT2D eigenvalue weighted by molar-refractivity contribution is -0.140. The van der Waals surface area contributed by atoms with Crippen molar-refractivity contribution in [3.8, 4) is 5.75 Å².